The minimum Gasteiger partial charge on any atom is -0.467 e. The van der Waals surface area contributed by atoms with Crippen LogP contribution in [-0.4, -0.2) is 38.8 Å². The van der Waals surface area contributed by atoms with Crippen molar-refractivity contribution < 1.29 is 14.0 Å². The van der Waals surface area contributed by atoms with Gasteiger partial charge in [0.2, 0.25) is 11.8 Å². The van der Waals surface area contributed by atoms with E-state index in [9.17, 15) is 9.59 Å². The van der Waals surface area contributed by atoms with Crippen molar-refractivity contribution in [1.29, 1.82) is 0 Å². The number of rotatable bonds is 9. The predicted octanol–water partition coefficient (Wildman–Crippen LogP) is 4.21. The molecule has 0 spiro atoms. The molecular formula is C23H35N3O3. The highest BCUT2D eigenvalue weighted by atomic mass is 16.3. The molecule has 160 valence electrons. The fourth-order valence-corrected chi connectivity index (χ4v) is 3.19. The number of aromatic nitrogens is 1. The lowest BCUT2D eigenvalue weighted by Gasteiger charge is -2.33. The van der Waals surface area contributed by atoms with Gasteiger partial charge in [-0.15, -0.1) is 0 Å². The molecule has 2 aromatic heterocycles. The largest absolute Gasteiger partial charge is 0.467 e. The monoisotopic (exact) mass is 401 g/mol. The number of aryl methyl sites for hydroxylation is 1. The van der Waals surface area contributed by atoms with Crippen LogP contribution in [0.15, 0.2) is 41.1 Å². The molecule has 2 aromatic rings. The Morgan fingerprint density at radius 3 is 2.38 bits per heavy atom. The van der Waals surface area contributed by atoms with E-state index in [0.717, 1.165) is 17.9 Å². The lowest BCUT2D eigenvalue weighted by molar-refractivity contribution is -0.144. The first-order valence-electron chi connectivity index (χ1n) is 10.3. The molecule has 0 saturated heterocycles. The molecule has 0 aromatic carbocycles. The van der Waals surface area contributed by atoms with Crippen LogP contribution in [0.3, 0.4) is 0 Å². The van der Waals surface area contributed by atoms with E-state index < -0.39 is 0 Å². The average molecular weight is 402 g/mol. The lowest BCUT2D eigenvalue weighted by atomic mass is 9.91. The molecule has 0 N–H and O–H groups in total. The van der Waals surface area contributed by atoms with Crippen molar-refractivity contribution in [3.8, 4) is 0 Å². The van der Waals surface area contributed by atoms with Crippen LogP contribution in [-0.2, 0) is 29.7 Å². The molecule has 0 fully saturated rings. The highest BCUT2D eigenvalue weighted by molar-refractivity contribution is 5.85. The molecule has 2 amide bonds. The van der Waals surface area contributed by atoms with Crippen LogP contribution < -0.4 is 0 Å². The Labute approximate surface area is 174 Å². The summed E-state index contributed by atoms with van der Waals surface area (Å²) in [5, 5.41) is 0. The van der Waals surface area contributed by atoms with Gasteiger partial charge in [0.25, 0.3) is 0 Å². The van der Waals surface area contributed by atoms with Crippen LogP contribution in [0.4, 0.5) is 0 Å². The van der Waals surface area contributed by atoms with Gasteiger partial charge in [-0.3, -0.25) is 9.59 Å². The molecule has 1 atom stereocenters. The summed E-state index contributed by atoms with van der Waals surface area (Å²) in [4.78, 5) is 29.7. The lowest BCUT2D eigenvalue weighted by Crippen LogP contribution is -2.47. The maximum Gasteiger partial charge on any atom is 0.242 e. The summed E-state index contributed by atoms with van der Waals surface area (Å²) in [5.74, 6) is 0.672. The molecule has 0 radical (unpaired) electrons. The van der Waals surface area contributed by atoms with Crippen LogP contribution >= 0.6 is 0 Å². The Morgan fingerprint density at radius 1 is 1.14 bits per heavy atom. The van der Waals surface area contributed by atoms with Crippen molar-refractivity contribution in [3.05, 3.63) is 48.2 Å². The minimum absolute atomic E-state index is 0.00861. The Bertz CT molecular complexity index is 787. The third-order valence-corrected chi connectivity index (χ3v) is 5.11. The van der Waals surface area contributed by atoms with E-state index >= 15 is 0 Å². The van der Waals surface area contributed by atoms with Crippen molar-refractivity contribution >= 4 is 11.8 Å². The van der Waals surface area contributed by atoms with Crippen molar-refractivity contribution in [2.75, 3.05) is 6.54 Å². The van der Waals surface area contributed by atoms with E-state index in [4.69, 9.17) is 4.42 Å². The fraction of sp³-hybridized carbons (Fsp3) is 0.565. The minimum atomic E-state index is -0.122. The van der Waals surface area contributed by atoms with E-state index in [1.807, 2.05) is 76.7 Å². The number of amides is 2. The van der Waals surface area contributed by atoms with Crippen LogP contribution in [0.25, 0.3) is 0 Å². The van der Waals surface area contributed by atoms with Crippen LogP contribution in [0.5, 0.6) is 0 Å². The summed E-state index contributed by atoms with van der Waals surface area (Å²) >= 11 is 0. The molecule has 6 heteroatoms. The molecule has 1 unspecified atom stereocenters. The van der Waals surface area contributed by atoms with E-state index in [2.05, 4.69) is 0 Å². The quantitative estimate of drug-likeness (QED) is 0.632. The predicted molar refractivity (Wildman–Crippen MR) is 114 cm³/mol. The van der Waals surface area contributed by atoms with E-state index in [1.165, 1.54) is 0 Å². The van der Waals surface area contributed by atoms with Crippen molar-refractivity contribution in [1.82, 2.24) is 14.4 Å². The van der Waals surface area contributed by atoms with Crippen LogP contribution in [0.2, 0.25) is 0 Å². The zero-order valence-corrected chi connectivity index (χ0v) is 18.6. The number of hydrogen-bond donors (Lipinski definition) is 0. The number of nitrogens with zero attached hydrogens (tertiary/aromatic N) is 3. The SMILES string of the molecule is CCC(C)N(CC(=O)N(Cc1ccco1)Cc1cccn1C)C(=O)CC(C)(C)C. The number of furan rings is 1. The summed E-state index contributed by atoms with van der Waals surface area (Å²) in [7, 11) is 1.96. The summed E-state index contributed by atoms with van der Waals surface area (Å²) in [6.07, 6.45) is 4.79. The molecule has 2 rings (SSSR count). The summed E-state index contributed by atoms with van der Waals surface area (Å²) in [5.41, 5.74) is 0.906. The Hall–Kier alpha value is -2.50. The van der Waals surface area contributed by atoms with Gasteiger partial charge < -0.3 is 18.8 Å². The van der Waals surface area contributed by atoms with Crippen LogP contribution in [0.1, 0.15) is 58.9 Å². The van der Waals surface area contributed by atoms with Gasteiger partial charge in [0.15, 0.2) is 0 Å². The Balaban J connectivity index is 2.20. The number of carbonyl (C=O) groups is 2. The van der Waals surface area contributed by atoms with E-state index in [1.54, 1.807) is 16.1 Å². The topological polar surface area (TPSA) is 58.7 Å². The first-order chi connectivity index (χ1) is 13.6. The summed E-state index contributed by atoms with van der Waals surface area (Å²) in [6, 6.07) is 7.65. The van der Waals surface area contributed by atoms with E-state index in [0.29, 0.717) is 19.5 Å². The molecule has 6 nitrogen and oxygen atoms in total. The standard InChI is InChI=1S/C23H35N3O3/c1-7-18(2)26(21(27)14-23(3,4)5)17-22(28)25(16-20-11-9-13-29-20)15-19-10-8-12-24(19)6/h8-13,18H,7,14-17H2,1-6H3. The van der Waals surface area contributed by atoms with Gasteiger partial charge in [0.05, 0.1) is 19.4 Å². The van der Waals surface area contributed by atoms with Gasteiger partial charge >= 0.3 is 0 Å². The third-order valence-electron chi connectivity index (χ3n) is 5.11. The van der Waals surface area contributed by atoms with Crippen molar-refractivity contribution in [2.24, 2.45) is 12.5 Å². The molecular weight excluding hydrogens is 366 g/mol. The van der Waals surface area contributed by atoms with Crippen molar-refractivity contribution in [2.45, 2.75) is 66.6 Å². The number of hydrogen-bond acceptors (Lipinski definition) is 3. The van der Waals surface area contributed by atoms with E-state index in [-0.39, 0.29) is 29.8 Å². The van der Waals surface area contributed by atoms with Gasteiger partial charge in [-0.1, -0.05) is 27.7 Å². The second-order valence-corrected chi connectivity index (χ2v) is 8.96. The molecule has 29 heavy (non-hydrogen) atoms. The molecule has 0 aliphatic rings. The summed E-state index contributed by atoms with van der Waals surface area (Å²) in [6.45, 7) is 11.1. The van der Waals surface area contributed by atoms with Gasteiger partial charge in [0, 0.05) is 31.4 Å². The third kappa shape index (κ3) is 6.80. The second kappa shape index (κ2) is 9.81. The molecule has 0 bridgehead atoms. The normalized spacial score (nSPS) is 12.6. The van der Waals surface area contributed by atoms with Gasteiger partial charge in [-0.05, 0) is 43.0 Å². The Morgan fingerprint density at radius 2 is 1.86 bits per heavy atom. The maximum absolute atomic E-state index is 13.3. The second-order valence-electron chi connectivity index (χ2n) is 8.96. The zero-order valence-electron chi connectivity index (χ0n) is 18.6. The Kier molecular flexibility index (Phi) is 7.71. The maximum atomic E-state index is 13.3. The smallest absolute Gasteiger partial charge is 0.242 e. The number of carbonyl (C=O) groups excluding carboxylic acids is 2. The first-order valence-corrected chi connectivity index (χ1v) is 10.3. The van der Waals surface area contributed by atoms with Gasteiger partial charge in [0.1, 0.15) is 12.3 Å². The fourth-order valence-electron chi connectivity index (χ4n) is 3.19. The van der Waals surface area contributed by atoms with Crippen LogP contribution in [0, 0.1) is 5.41 Å². The highest BCUT2D eigenvalue weighted by Crippen LogP contribution is 2.22. The van der Waals surface area contributed by atoms with Crippen molar-refractivity contribution in [3.63, 3.8) is 0 Å². The summed E-state index contributed by atoms with van der Waals surface area (Å²) < 4.78 is 7.47. The highest BCUT2D eigenvalue weighted by Gasteiger charge is 2.28. The molecule has 2 heterocycles. The molecule has 0 aliphatic heterocycles. The zero-order chi connectivity index (χ0) is 21.6. The van der Waals surface area contributed by atoms with Gasteiger partial charge in [-0.25, -0.2) is 0 Å². The van der Waals surface area contributed by atoms with Gasteiger partial charge in [-0.2, -0.15) is 0 Å². The average Bonchev–Trinajstić information content (AvgIpc) is 3.28. The first kappa shape index (κ1) is 22.8. The molecule has 0 saturated carbocycles. The molecule has 0 aliphatic carbocycles.